The number of aromatic nitrogens is 3. The van der Waals surface area contributed by atoms with E-state index in [1.54, 1.807) is 45.9 Å². The molecule has 3 rings (SSSR count). The van der Waals surface area contributed by atoms with E-state index in [0.717, 1.165) is 22.2 Å². The number of aliphatic hydroxyl groups excluding tert-OH is 1. The summed E-state index contributed by atoms with van der Waals surface area (Å²) in [6.07, 6.45) is 1.99. The molecule has 208 valence electrons. The third-order valence-electron chi connectivity index (χ3n) is 6.49. The summed E-state index contributed by atoms with van der Waals surface area (Å²) in [6, 6.07) is 7.75. The lowest BCUT2D eigenvalue weighted by Crippen LogP contribution is -2.34. The van der Waals surface area contributed by atoms with Crippen LogP contribution in [-0.2, 0) is 32.5 Å². The lowest BCUT2D eigenvalue weighted by molar-refractivity contribution is -0.163. The molecule has 38 heavy (non-hydrogen) atoms. The zero-order chi connectivity index (χ0) is 28.2. The van der Waals surface area contributed by atoms with Crippen molar-refractivity contribution < 1.29 is 24.1 Å². The van der Waals surface area contributed by atoms with Gasteiger partial charge in [0.15, 0.2) is 0 Å². The Morgan fingerprint density at radius 2 is 1.79 bits per heavy atom. The van der Waals surface area contributed by atoms with Crippen molar-refractivity contribution in [3.8, 4) is 11.4 Å². The van der Waals surface area contributed by atoms with Gasteiger partial charge in [0.1, 0.15) is 11.4 Å². The number of carbonyl (C=O) groups excluding carboxylic acids is 1. The van der Waals surface area contributed by atoms with Crippen LogP contribution in [0.15, 0.2) is 35.3 Å². The molecule has 0 aliphatic heterocycles. The van der Waals surface area contributed by atoms with Crippen LogP contribution in [0, 0.1) is 12.8 Å². The van der Waals surface area contributed by atoms with E-state index in [0.29, 0.717) is 37.4 Å². The SMILES string of the molecule is COCC(COC)n1c(-c2cc(C)c(=O)n(C)c2)nc2cc(CC[C@H](C(=O)OC(C)(C)C)[C@@H](C)O)ccc21. The van der Waals surface area contributed by atoms with E-state index in [-0.39, 0.29) is 11.6 Å². The quantitative estimate of drug-likeness (QED) is 0.378. The highest BCUT2D eigenvalue weighted by Crippen LogP contribution is 2.30. The van der Waals surface area contributed by atoms with Gasteiger partial charge in [-0.2, -0.15) is 0 Å². The molecule has 2 heterocycles. The normalized spacial score (nSPS) is 13.7. The number of rotatable bonds is 11. The Labute approximate surface area is 224 Å². The van der Waals surface area contributed by atoms with Crippen LogP contribution >= 0.6 is 0 Å². The van der Waals surface area contributed by atoms with E-state index in [1.165, 1.54) is 0 Å². The van der Waals surface area contributed by atoms with Crippen LogP contribution in [0.1, 0.15) is 51.3 Å². The zero-order valence-electron chi connectivity index (χ0n) is 23.8. The first-order valence-electron chi connectivity index (χ1n) is 12.9. The van der Waals surface area contributed by atoms with E-state index in [9.17, 15) is 14.7 Å². The highest BCUT2D eigenvalue weighted by atomic mass is 16.6. The fourth-order valence-electron chi connectivity index (χ4n) is 4.71. The number of esters is 1. The average Bonchev–Trinajstić information content (AvgIpc) is 3.19. The molecule has 2 atom stereocenters. The summed E-state index contributed by atoms with van der Waals surface area (Å²) in [6.45, 7) is 9.71. The Morgan fingerprint density at radius 3 is 2.34 bits per heavy atom. The summed E-state index contributed by atoms with van der Waals surface area (Å²) < 4.78 is 20.2. The number of aliphatic hydroxyl groups is 1. The van der Waals surface area contributed by atoms with E-state index >= 15 is 0 Å². The Bertz CT molecular complexity index is 1290. The van der Waals surface area contributed by atoms with Crippen LogP contribution < -0.4 is 5.56 Å². The third kappa shape index (κ3) is 6.89. The van der Waals surface area contributed by atoms with Crippen LogP contribution in [-0.4, -0.2) is 64.3 Å². The second kappa shape index (κ2) is 12.2. The van der Waals surface area contributed by atoms with Gasteiger partial charge < -0.3 is 28.5 Å². The van der Waals surface area contributed by atoms with Crippen molar-refractivity contribution in [1.82, 2.24) is 14.1 Å². The Morgan fingerprint density at radius 1 is 1.13 bits per heavy atom. The molecule has 3 aromatic rings. The van der Waals surface area contributed by atoms with E-state index in [4.69, 9.17) is 19.2 Å². The van der Waals surface area contributed by atoms with Crippen LogP contribution in [0.2, 0.25) is 0 Å². The number of aryl methyl sites for hydroxylation is 3. The molecule has 9 heteroatoms. The van der Waals surface area contributed by atoms with Gasteiger partial charge in [-0.3, -0.25) is 9.59 Å². The first kappa shape index (κ1) is 29.5. The first-order chi connectivity index (χ1) is 17.9. The Kier molecular flexibility index (Phi) is 9.51. The summed E-state index contributed by atoms with van der Waals surface area (Å²) in [5, 5.41) is 10.3. The molecule has 0 amide bonds. The van der Waals surface area contributed by atoms with Crippen molar-refractivity contribution in [1.29, 1.82) is 0 Å². The van der Waals surface area contributed by atoms with Crippen molar-refractivity contribution in [3.63, 3.8) is 0 Å². The van der Waals surface area contributed by atoms with Gasteiger partial charge >= 0.3 is 5.97 Å². The molecule has 1 aromatic carbocycles. The molecule has 0 saturated carbocycles. The van der Waals surface area contributed by atoms with E-state index < -0.39 is 23.6 Å². The van der Waals surface area contributed by atoms with Gasteiger partial charge in [-0.05, 0) is 71.2 Å². The number of benzene rings is 1. The number of hydrogen-bond acceptors (Lipinski definition) is 7. The maximum absolute atomic E-state index is 12.7. The fourth-order valence-corrected chi connectivity index (χ4v) is 4.71. The van der Waals surface area contributed by atoms with Gasteiger partial charge in [0.05, 0.1) is 42.3 Å². The molecular weight excluding hydrogens is 486 g/mol. The summed E-state index contributed by atoms with van der Waals surface area (Å²) in [5.74, 6) is -0.308. The maximum Gasteiger partial charge on any atom is 0.312 e. The molecule has 9 nitrogen and oxygen atoms in total. The van der Waals surface area contributed by atoms with Gasteiger partial charge in [-0.25, -0.2) is 4.98 Å². The Hall–Kier alpha value is -3.01. The largest absolute Gasteiger partial charge is 0.460 e. The van der Waals surface area contributed by atoms with Crippen molar-refractivity contribution in [2.24, 2.45) is 13.0 Å². The predicted molar refractivity (Wildman–Crippen MR) is 147 cm³/mol. The van der Waals surface area contributed by atoms with Crippen LogP contribution in [0.5, 0.6) is 0 Å². The number of carbonyl (C=O) groups is 1. The Balaban J connectivity index is 2.03. The molecule has 0 fully saturated rings. The molecule has 2 aromatic heterocycles. The second-order valence-electron chi connectivity index (χ2n) is 10.9. The number of ether oxygens (including phenoxy) is 3. The van der Waals surface area contributed by atoms with Crippen molar-refractivity contribution >= 4 is 17.0 Å². The first-order valence-corrected chi connectivity index (χ1v) is 12.9. The van der Waals surface area contributed by atoms with Gasteiger partial charge in [0.2, 0.25) is 0 Å². The van der Waals surface area contributed by atoms with Crippen LogP contribution in [0.3, 0.4) is 0 Å². The van der Waals surface area contributed by atoms with Crippen molar-refractivity contribution in [3.05, 3.63) is 51.9 Å². The number of methoxy groups -OCH3 is 2. The summed E-state index contributed by atoms with van der Waals surface area (Å²) in [7, 11) is 5.04. The molecule has 0 unspecified atom stereocenters. The smallest absolute Gasteiger partial charge is 0.312 e. The molecule has 0 spiro atoms. The molecule has 0 bridgehead atoms. The van der Waals surface area contributed by atoms with E-state index in [2.05, 4.69) is 4.57 Å². The summed E-state index contributed by atoms with van der Waals surface area (Å²) >= 11 is 0. The highest BCUT2D eigenvalue weighted by Gasteiger charge is 2.29. The van der Waals surface area contributed by atoms with Gasteiger partial charge in [-0.15, -0.1) is 0 Å². The minimum absolute atomic E-state index is 0.0540. The fraction of sp³-hybridized carbons (Fsp3) is 0.552. The molecular formula is C29H41N3O6. The lowest BCUT2D eigenvalue weighted by atomic mass is 9.94. The minimum atomic E-state index is -0.823. The predicted octanol–water partition coefficient (Wildman–Crippen LogP) is 3.82. The molecule has 0 radical (unpaired) electrons. The molecule has 0 aliphatic carbocycles. The summed E-state index contributed by atoms with van der Waals surface area (Å²) in [4.78, 5) is 30.0. The zero-order valence-corrected chi connectivity index (χ0v) is 23.8. The topological polar surface area (TPSA) is 105 Å². The van der Waals surface area contributed by atoms with Crippen LogP contribution in [0.25, 0.3) is 22.4 Å². The maximum atomic E-state index is 12.7. The molecule has 0 saturated heterocycles. The highest BCUT2D eigenvalue weighted by molar-refractivity contribution is 5.81. The number of pyridine rings is 1. The number of hydrogen-bond donors (Lipinski definition) is 1. The third-order valence-corrected chi connectivity index (χ3v) is 6.49. The van der Waals surface area contributed by atoms with Crippen molar-refractivity contribution in [2.75, 3.05) is 27.4 Å². The second-order valence-corrected chi connectivity index (χ2v) is 10.9. The van der Waals surface area contributed by atoms with Gasteiger partial charge in [0.25, 0.3) is 5.56 Å². The molecule has 1 N–H and O–H groups in total. The number of fused-ring (bicyclic) bond motifs is 1. The standard InChI is InChI=1S/C29H41N3O6/c1-18-13-21(15-31(6)27(18)34)26-30-24-14-20(9-11-23(19(2)33)28(35)38-29(3,4)5)10-12-25(24)32(26)22(16-36-7)17-37-8/h10,12-15,19,22-23,33H,9,11,16-17H2,1-8H3/t19-,23+/m1/s1. The number of imidazole rings is 1. The lowest BCUT2D eigenvalue weighted by Gasteiger charge is -2.25. The van der Waals surface area contributed by atoms with Crippen molar-refractivity contribution in [2.45, 2.75) is 65.2 Å². The minimum Gasteiger partial charge on any atom is -0.460 e. The van der Waals surface area contributed by atoms with Gasteiger partial charge in [-0.1, -0.05) is 6.07 Å². The molecule has 0 aliphatic rings. The van der Waals surface area contributed by atoms with Gasteiger partial charge in [0, 0.05) is 38.6 Å². The number of nitrogens with zero attached hydrogens (tertiary/aromatic N) is 3. The average molecular weight is 528 g/mol. The summed E-state index contributed by atoms with van der Waals surface area (Å²) in [5.41, 5.74) is 3.47. The van der Waals surface area contributed by atoms with Crippen LogP contribution in [0.4, 0.5) is 0 Å². The monoisotopic (exact) mass is 527 g/mol. The van der Waals surface area contributed by atoms with E-state index in [1.807, 2.05) is 45.0 Å².